The number of azide groups is 1. The van der Waals surface area contributed by atoms with E-state index in [0.717, 1.165) is 51.4 Å². The first-order valence-corrected chi connectivity index (χ1v) is 12.0. The Morgan fingerprint density at radius 1 is 0.633 bits per heavy atom. The molecule has 0 aromatic carbocycles. The van der Waals surface area contributed by atoms with Gasteiger partial charge in [-0.25, -0.2) is 0 Å². The Bertz CT molecular complexity index is 479. The monoisotopic (exact) mass is 425 g/mol. The van der Waals surface area contributed by atoms with Crippen molar-refractivity contribution >= 4 is 11.9 Å². The van der Waals surface area contributed by atoms with Crippen LogP contribution in [0, 0.1) is 5.92 Å². The molecule has 0 aliphatic heterocycles. The topological polar surface area (TPSA) is 123 Å². The first kappa shape index (κ1) is 28.2. The summed E-state index contributed by atoms with van der Waals surface area (Å²) in [5.41, 5.74) is 8.61. The maximum atomic E-state index is 10.5. The molecule has 0 aliphatic carbocycles. The van der Waals surface area contributed by atoms with E-state index < -0.39 is 11.9 Å². The Labute approximate surface area is 182 Å². The normalized spacial score (nSPS) is 11.7. The van der Waals surface area contributed by atoms with E-state index in [1.807, 2.05) is 0 Å². The molecule has 174 valence electrons. The Kier molecular flexibility index (Phi) is 20.7. The van der Waals surface area contributed by atoms with Gasteiger partial charge in [-0.2, -0.15) is 0 Å². The van der Waals surface area contributed by atoms with Crippen LogP contribution in [0.1, 0.15) is 122 Å². The molecule has 0 radical (unpaired) electrons. The van der Waals surface area contributed by atoms with Gasteiger partial charge in [-0.15, -0.1) is 0 Å². The maximum Gasteiger partial charge on any atom is 0.303 e. The van der Waals surface area contributed by atoms with Gasteiger partial charge in [0.25, 0.3) is 0 Å². The number of carboxylic acid groups (broad SMARTS) is 2. The molecule has 0 saturated carbocycles. The van der Waals surface area contributed by atoms with Crippen LogP contribution in [0.25, 0.3) is 10.4 Å². The maximum absolute atomic E-state index is 10.5. The van der Waals surface area contributed by atoms with Gasteiger partial charge < -0.3 is 10.2 Å². The number of carbonyl (C=O) groups is 2. The average Bonchev–Trinajstić information content (AvgIpc) is 2.70. The third-order valence-corrected chi connectivity index (χ3v) is 5.66. The number of rotatable bonds is 23. The Morgan fingerprint density at radius 2 is 0.967 bits per heavy atom. The minimum Gasteiger partial charge on any atom is -0.481 e. The smallest absolute Gasteiger partial charge is 0.303 e. The van der Waals surface area contributed by atoms with Crippen LogP contribution in [0.4, 0.5) is 0 Å². The van der Waals surface area contributed by atoms with Crippen molar-refractivity contribution in [3.8, 4) is 0 Å². The molecular weight excluding hydrogens is 382 g/mol. The Morgan fingerprint density at radius 3 is 1.30 bits per heavy atom. The molecule has 0 rings (SSSR count). The van der Waals surface area contributed by atoms with Gasteiger partial charge >= 0.3 is 11.9 Å². The SMILES string of the molecule is [N-]=[N+]=NCC(CCCCCCCCCCC(=O)O)CCCCCCCCCC(=O)O. The summed E-state index contributed by atoms with van der Waals surface area (Å²) in [7, 11) is 0. The van der Waals surface area contributed by atoms with Gasteiger partial charge in [0.05, 0.1) is 0 Å². The van der Waals surface area contributed by atoms with E-state index in [1.54, 1.807) is 0 Å². The van der Waals surface area contributed by atoms with Crippen molar-refractivity contribution in [3.63, 3.8) is 0 Å². The second-order valence-corrected chi connectivity index (χ2v) is 8.45. The molecule has 1 unspecified atom stereocenters. The van der Waals surface area contributed by atoms with Crippen molar-refractivity contribution in [2.45, 2.75) is 122 Å². The predicted octanol–water partition coefficient (Wildman–Crippen LogP) is 7.49. The lowest BCUT2D eigenvalue weighted by Crippen LogP contribution is -2.04. The summed E-state index contributed by atoms with van der Waals surface area (Å²) in [5.74, 6) is -0.903. The molecule has 0 amide bonds. The number of nitrogens with zero attached hydrogens (tertiary/aromatic N) is 3. The summed E-state index contributed by atoms with van der Waals surface area (Å²) < 4.78 is 0. The largest absolute Gasteiger partial charge is 0.481 e. The van der Waals surface area contributed by atoms with E-state index in [9.17, 15) is 9.59 Å². The van der Waals surface area contributed by atoms with Gasteiger partial charge in [-0.1, -0.05) is 101 Å². The van der Waals surface area contributed by atoms with E-state index in [2.05, 4.69) is 10.0 Å². The third kappa shape index (κ3) is 22.5. The molecule has 7 nitrogen and oxygen atoms in total. The zero-order valence-corrected chi connectivity index (χ0v) is 18.8. The van der Waals surface area contributed by atoms with Gasteiger partial charge in [-0.3, -0.25) is 9.59 Å². The van der Waals surface area contributed by atoms with Gasteiger partial charge in [0.1, 0.15) is 0 Å². The molecule has 0 bridgehead atoms. The van der Waals surface area contributed by atoms with Crippen molar-refractivity contribution in [2.75, 3.05) is 6.54 Å². The second-order valence-electron chi connectivity index (χ2n) is 8.45. The van der Waals surface area contributed by atoms with E-state index in [4.69, 9.17) is 15.7 Å². The molecule has 7 heteroatoms. The summed E-state index contributed by atoms with van der Waals surface area (Å²) in [6, 6.07) is 0. The molecule has 0 heterocycles. The van der Waals surface area contributed by atoms with Crippen LogP contribution < -0.4 is 0 Å². The molecule has 0 spiro atoms. The van der Waals surface area contributed by atoms with Gasteiger partial charge in [0.15, 0.2) is 0 Å². The first-order valence-electron chi connectivity index (χ1n) is 12.0. The fourth-order valence-electron chi connectivity index (χ4n) is 3.84. The average molecular weight is 426 g/mol. The van der Waals surface area contributed by atoms with Crippen LogP contribution in [0.2, 0.25) is 0 Å². The standard InChI is InChI=1S/C23H43N3O4/c24-26-25-20-21(17-13-9-5-3-7-11-15-19-23(29)30)16-12-8-4-1-2-6-10-14-18-22(27)28/h21H,1-20H2,(H,27,28)(H,29,30). The number of aliphatic carboxylic acids is 2. The Balaban J connectivity index is 3.61. The van der Waals surface area contributed by atoms with Crippen molar-refractivity contribution in [2.24, 2.45) is 11.0 Å². The molecular formula is C23H43N3O4. The molecule has 0 aliphatic rings. The van der Waals surface area contributed by atoms with Crippen molar-refractivity contribution in [1.29, 1.82) is 0 Å². The summed E-state index contributed by atoms with van der Waals surface area (Å²) >= 11 is 0. The van der Waals surface area contributed by atoms with Crippen LogP contribution in [-0.4, -0.2) is 28.7 Å². The summed E-state index contributed by atoms with van der Waals surface area (Å²) in [6.07, 6.45) is 19.5. The minimum absolute atomic E-state index is 0.286. The van der Waals surface area contributed by atoms with Crippen LogP contribution in [0.5, 0.6) is 0 Å². The summed E-state index contributed by atoms with van der Waals surface area (Å²) in [5, 5.41) is 21.0. The molecule has 2 N–H and O–H groups in total. The zero-order chi connectivity index (χ0) is 22.3. The van der Waals surface area contributed by atoms with E-state index >= 15 is 0 Å². The summed E-state index contributed by atoms with van der Waals surface area (Å²) in [4.78, 5) is 23.8. The highest BCUT2D eigenvalue weighted by atomic mass is 16.4. The van der Waals surface area contributed by atoms with Crippen molar-refractivity contribution < 1.29 is 19.8 Å². The molecule has 0 fully saturated rings. The lowest BCUT2D eigenvalue weighted by molar-refractivity contribution is -0.138. The summed E-state index contributed by atoms with van der Waals surface area (Å²) in [6.45, 7) is 0.606. The molecule has 0 aromatic heterocycles. The van der Waals surface area contributed by atoms with Crippen LogP contribution in [-0.2, 0) is 9.59 Å². The quantitative estimate of drug-likeness (QED) is 0.0761. The van der Waals surface area contributed by atoms with Crippen molar-refractivity contribution in [1.82, 2.24) is 0 Å². The third-order valence-electron chi connectivity index (χ3n) is 5.66. The minimum atomic E-state index is -0.700. The van der Waals surface area contributed by atoms with Crippen molar-refractivity contribution in [3.05, 3.63) is 10.4 Å². The van der Waals surface area contributed by atoms with Crippen LogP contribution in [0.15, 0.2) is 5.11 Å². The fraction of sp³-hybridized carbons (Fsp3) is 0.913. The van der Waals surface area contributed by atoms with Crippen LogP contribution in [0.3, 0.4) is 0 Å². The van der Waals surface area contributed by atoms with Gasteiger partial charge in [0.2, 0.25) is 0 Å². The first-order chi connectivity index (χ1) is 14.6. The molecule has 0 aromatic rings. The molecule has 0 saturated heterocycles. The van der Waals surface area contributed by atoms with E-state index in [-0.39, 0.29) is 6.42 Å². The molecule has 30 heavy (non-hydrogen) atoms. The second kappa shape index (κ2) is 21.9. The van der Waals surface area contributed by atoms with E-state index in [1.165, 1.54) is 57.8 Å². The van der Waals surface area contributed by atoms with Crippen LogP contribution >= 0.6 is 0 Å². The number of hydrogen-bond donors (Lipinski definition) is 2. The number of carboxylic acids is 2. The number of hydrogen-bond acceptors (Lipinski definition) is 3. The molecule has 1 atom stereocenters. The fourth-order valence-corrected chi connectivity index (χ4v) is 3.84. The highest BCUT2D eigenvalue weighted by Crippen LogP contribution is 2.20. The zero-order valence-electron chi connectivity index (χ0n) is 18.8. The Hall–Kier alpha value is -1.75. The highest BCUT2D eigenvalue weighted by Gasteiger charge is 2.07. The predicted molar refractivity (Wildman–Crippen MR) is 120 cm³/mol. The van der Waals surface area contributed by atoms with Gasteiger partial charge in [0, 0.05) is 24.3 Å². The van der Waals surface area contributed by atoms with E-state index in [0.29, 0.717) is 18.9 Å². The highest BCUT2D eigenvalue weighted by molar-refractivity contribution is 5.66. The number of unbranched alkanes of at least 4 members (excludes halogenated alkanes) is 13. The lowest BCUT2D eigenvalue weighted by Gasteiger charge is -2.14. The van der Waals surface area contributed by atoms with Gasteiger partial charge in [-0.05, 0) is 24.3 Å². The lowest BCUT2D eigenvalue weighted by atomic mass is 9.94.